The van der Waals surface area contributed by atoms with Crippen molar-refractivity contribution in [2.45, 2.75) is 13.5 Å². The van der Waals surface area contributed by atoms with Crippen LogP contribution in [0.2, 0.25) is 0 Å². The van der Waals surface area contributed by atoms with Crippen molar-refractivity contribution in [3.8, 4) is 11.3 Å². The molecule has 144 valence electrons. The van der Waals surface area contributed by atoms with Crippen molar-refractivity contribution < 1.29 is 9.47 Å². The summed E-state index contributed by atoms with van der Waals surface area (Å²) in [5.74, 6) is 0.976. The molecule has 3 rings (SSSR count). The third-order valence-electron chi connectivity index (χ3n) is 4.71. The summed E-state index contributed by atoms with van der Waals surface area (Å²) in [5, 5.41) is 3.51. The third-order valence-corrected chi connectivity index (χ3v) is 4.71. The van der Waals surface area contributed by atoms with Crippen LogP contribution in [0, 0.1) is 6.92 Å². The Balaban J connectivity index is 1.72. The highest BCUT2D eigenvalue weighted by atomic mass is 16.5. The number of hydrogen-bond acceptors (Lipinski definition) is 6. The van der Waals surface area contributed by atoms with E-state index in [4.69, 9.17) is 14.5 Å². The van der Waals surface area contributed by atoms with Gasteiger partial charge in [-0.15, -0.1) is 0 Å². The number of aryl methyl sites for hydroxylation is 1. The Bertz CT molecular complexity index is 784. The summed E-state index contributed by atoms with van der Waals surface area (Å²) >= 11 is 0. The van der Waals surface area contributed by atoms with Crippen molar-refractivity contribution in [2.75, 3.05) is 52.4 Å². The van der Waals surface area contributed by atoms with E-state index in [1.807, 2.05) is 12.3 Å². The molecule has 0 spiro atoms. The smallest absolute Gasteiger partial charge is 0.115 e. The van der Waals surface area contributed by atoms with Crippen LogP contribution in [0.3, 0.4) is 0 Å². The van der Waals surface area contributed by atoms with Crippen LogP contribution >= 0.6 is 0 Å². The van der Waals surface area contributed by atoms with Crippen LogP contribution in [0.15, 0.2) is 41.5 Å². The molecule has 0 unspecified atom stereocenters. The van der Waals surface area contributed by atoms with Gasteiger partial charge >= 0.3 is 0 Å². The number of nitrogens with zero attached hydrogens (tertiary/aromatic N) is 3. The lowest BCUT2D eigenvalue weighted by Gasteiger charge is -2.26. The maximum absolute atomic E-state index is 5.22. The van der Waals surface area contributed by atoms with Gasteiger partial charge in [0.1, 0.15) is 5.84 Å². The van der Waals surface area contributed by atoms with Crippen LogP contribution in [0.1, 0.15) is 11.1 Å². The van der Waals surface area contributed by atoms with Crippen molar-refractivity contribution in [3.63, 3.8) is 0 Å². The molecule has 0 bridgehead atoms. The molecule has 1 aliphatic heterocycles. The number of hydrogen-bond donors (Lipinski definition) is 1. The number of amidine groups is 1. The molecule has 0 radical (unpaired) electrons. The Hall–Kier alpha value is -2.28. The highest BCUT2D eigenvalue weighted by molar-refractivity contribution is 5.99. The van der Waals surface area contributed by atoms with Crippen molar-refractivity contribution in [3.05, 3.63) is 47.7 Å². The second-order valence-corrected chi connectivity index (χ2v) is 6.69. The zero-order valence-corrected chi connectivity index (χ0v) is 16.4. The second kappa shape index (κ2) is 9.60. The molecule has 0 saturated heterocycles. The molecule has 2 heterocycles. The van der Waals surface area contributed by atoms with Gasteiger partial charge in [-0.1, -0.05) is 18.2 Å². The molecule has 0 saturated carbocycles. The zero-order chi connectivity index (χ0) is 19.1. The van der Waals surface area contributed by atoms with E-state index in [0.29, 0.717) is 19.8 Å². The first-order valence-electron chi connectivity index (χ1n) is 9.26. The van der Waals surface area contributed by atoms with Crippen LogP contribution < -0.4 is 5.32 Å². The molecule has 1 aromatic carbocycles. The predicted molar refractivity (Wildman–Crippen MR) is 109 cm³/mol. The maximum atomic E-state index is 5.22. The second-order valence-electron chi connectivity index (χ2n) is 6.69. The summed E-state index contributed by atoms with van der Waals surface area (Å²) in [6.45, 7) is 6.61. The Labute approximate surface area is 161 Å². The Morgan fingerprint density at radius 2 is 1.89 bits per heavy atom. The number of ether oxygens (including phenoxy) is 2. The van der Waals surface area contributed by atoms with Gasteiger partial charge in [0.25, 0.3) is 0 Å². The first kappa shape index (κ1) is 19.5. The van der Waals surface area contributed by atoms with Gasteiger partial charge in [-0.05, 0) is 30.2 Å². The molecule has 6 nitrogen and oxygen atoms in total. The highest BCUT2D eigenvalue weighted by Gasteiger charge is 2.16. The number of methoxy groups -OCH3 is 2. The molecule has 2 aromatic rings. The fourth-order valence-corrected chi connectivity index (χ4v) is 3.15. The normalized spacial score (nSPS) is 13.3. The highest BCUT2D eigenvalue weighted by Crippen LogP contribution is 2.28. The van der Waals surface area contributed by atoms with Crippen molar-refractivity contribution in [1.29, 1.82) is 0 Å². The van der Waals surface area contributed by atoms with Crippen LogP contribution in [-0.2, 0) is 16.0 Å². The zero-order valence-electron chi connectivity index (χ0n) is 16.4. The van der Waals surface area contributed by atoms with Gasteiger partial charge in [0.05, 0.1) is 32.0 Å². The minimum atomic E-state index is 0.691. The lowest BCUT2D eigenvalue weighted by Crippen LogP contribution is -2.38. The number of pyridine rings is 1. The van der Waals surface area contributed by atoms with Crippen LogP contribution in [0.25, 0.3) is 11.3 Å². The van der Waals surface area contributed by atoms with E-state index in [1.54, 1.807) is 14.2 Å². The third kappa shape index (κ3) is 5.13. The largest absolute Gasteiger partial charge is 0.383 e. The molecular weight excluding hydrogens is 340 g/mol. The fourth-order valence-electron chi connectivity index (χ4n) is 3.15. The van der Waals surface area contributed by atoms with Gasteiger partial charge in [-0.3, -0.25) is 14.9 Å². The summed E-state index contributed by atoms with van der Waals surface area (Å²) in [6.07, 6.45) is 1.84. The SMILES string of the molecule is COCCN(CCOC)CC1=NCc2ccc(-c3ncccc3C)cc2N1. The quantitative estimate of drug-likeness (QED) is 0.737. The number of aromatic nitrogens is 1. The average molecular weight is 368 g/mol. The molecule has 1 aliphatic rings. The van der Waals surface area contributed by atoms with Crippen LogP contribution in [0.5, 0.6) is 0 Å². The number of nitrogens with one attached hydrogen (secondary N) is 1. The van der Waals surface area contributed by atoms with Crippen molar-refractivity contribution in [2.24, 2.45) is 4.99 Å². The van der Waals surface area contributed by atoms with Gasteiger partial charge in [-0.2, -0.15) is 0 Å². The molecule has 0 aliphatic carbocycles. The number of benzene rings is 1. The van der Waals surface area contributed by atoms with E-state index in [2.05, 4.69) is 46.4 Å². The average Bonchev–Trinajstić information content (AvgIpc) is 2.70. The van der Waals surface area contributed by atoms with E-state index in [-0.39, 0.29) is 0 Å². The molecule has 27 heavy (non-hydrogen) atoms. The standard InChI is InChI=1S/C21H28N4O2/c1-16-5-4-8-22-21(16)17-6-7-18-14-23-20(24-19(18)13-17)15-25(9-11-26-2)10-12-27-3/h4-8,13H,9-12,14-15H2,1-3H3,(H,23,24). The van der Waals surface area contributed by atoms with Crippen LogP contribution in [-0.4, -0.2) is 62.8 Å². The summed E-state index contributed by atoms with van der Waals surface area (Å²) in [5.41, 5.74) is 5.63. The van der Waals surface area contributed by atoms with E-state index in [9.17, 15) is 0 Å². The summed E-state index contributed by atoms with van der Waals surface area (Å²) < 4.78 is 10.4. The molecular formula is C21H28N4O2. The Morgan fingerprint density at radius 3 is 2.59 bits per heavy atom. The van der Waals surface area contributed by atoms with Gasteiger partial charge < -0.3 is 14.8 Å². The van der Waals surface area contributed by atoms with Crippen molar-refractivity contribution in [1.82, 2.24) is 9.88 Å². The fraction of sp³-hybridized carbons (Fsp3) is 0.429. The number of fused-ring (bicyclic) bond motifs is 1. The number of aliphatic imine (C=N–C) groups is 1. The lowest BCUT2D eigenvalue weighted by atomic mass is 10.0. The molecule has 6 heteroatoms. The van der Waals surface area contributed by atoms with Gasteiger partial charge in [0.2, 0.25) is 0 Å². The van der Waals surface area contributed by atoms with Gasteiger partial charge in [0, 0.05) is 44.8 Å². The summed E-state index contributed by atoms with van der Waals surface area (Å²) in [7, 11) is 3.45. The predicted octanol–water partition coefficient (Wildman–Crippen LogP) is 2.98. The number of rotatable bonds is 9. The Morgan fingerprint density at radius 1 is 1.11 bits per heavy atom. The monoisotopic (exact) mass is 368 g/mol. The number of anilines is 1. The maximum Gasteiger partial charge on any atom is 0.115 e. The molecule has 0 amide bonds. The molecule has 0 fully saturated rings. The molecule has 1 aromatic heterocycles. The first-order chi connectivity index (χ1) is 13.2. The summed E-state index contributed by atoms with van der Waals surface area (Å²) in [4.78, 5) is 11.5. The van der Waals surface area contributed by atoms with E-state index in [0.717, 1.165) is 42.4 Å². The van der Waals surface area contributed by atoms with Crippen molar-refractivity contribution >= 4 is 11.5 Å². The van der Waals surface area contributed by atoms with Crippen LogP contribution in [0.4, 0.5) is 5.69 Å². The molecule has 0 atom stereocenters. The minimum absolute atomic E-state index is 0.691. The summed E-state index contributed by atoms with van der Waals surface area (Å²) in [6, 6.07) is 10.5. The lowest BCUT2D eigenvalue weighted by molar-refractivity contribution is 0.123. The minimum Gasteiger partial charge on any atom is -0.383 e. The van der Waals surface area contributed by atoms with E-state index >= 15 is 0 Å². The first-order valence-corrected chi connectivity index (χ1v) is 9.26. The van der Waals surface area contributed by atoms with Gasteiger partial charge in [0.15, 0.2) is 0 Å². The Kier molecular flexibility index (Phi) is 6.92. The molecule has 1 N–H and O–H groups in total. The topological polar surface area (TPSA) is 59.0 Å². The van der Waals surface area contributed by atoms with E-state index < -0.39 is 0 Å². The van der Waals surface area contributed by atoms with E-state index in [1.165, 1.54) is 11.1 Å². The van der Waals surface area contributed by atoms with Gasteiger partial charge in [-0.25, -0.2) is 0 Å².